The van der Waals surface area contributed by atoms with E-state index < -0.39 is 33.1 Å². The number of carbonyl (C=O) groups is 1. The molecule has 0 aliphatic heterocycles. The van der Waals surface area contributed by atoms with Gasteiger partial charge in [-0.15, -0.1) is 11.3 Å². The molecule has 0 saturated heterocycles. The number of aryl methyl sites for hydroxylation is 1. The molecule has 27 heavy (non-hydrogen) atoms. The fraction of sp³-hybridized carbons (Fsp3) is 0.444. The van der Waals surface area contributed by atoms with Gasteiger partial charge in [-0.05, 0) is 45.7 Å². The summed E-state index contributed by atoms with van der Waals surface area (Å²) < 4.78 is 38.0. The zero-order chi connectivity index (χ0) is 20.4. The first kappa shape index (κ1) is 21.3. The molecule has 2 N–H and O–H groups in total. The van der Waals surface area contributed by atoms with Gasteiger partial charge in [-0.3, -0.25) is 4.55 Å². The van der Waals surface area contributed by atoms with Crippen molar-refractivity contribution in [2.75, 3.05) is 0 Å². The van der Waals surface area contributed by atoms with Crippen LogP contribution in [0.3, 0.4) is 0 Å². The Morgan fingerprint density at radius 2 is 1.85 bits per heavy atom. The number of nitrogens with zero attached hydrogens (tertiary/aromatic N) is 1. The fourth-order valence-electron chi connectivity index (χ4n) is 2.50. The second-order valence-corrected chi connectivity index (χ2v) is 9.86. The van der Waals surface area contributed by atoms with Crippen LogP contribution in [0.1, 0.15) is 45.0 Å². The van der Waals surface area contributed by atoms with Crippen molar-refractivity contribution in [2.24, 2.45) is 0 Å². The summed E-state index contributed by atoms with van der Waals surface area (Å²) in [5.74, 6) is 0. The number of amides is 1. The van der Waals surface area contributed by atoms with Gasteiger partial charge in [-0.2, -0.15) is 8.42 Å². The minimum atomic E-state index is -4.38. The molecule has 0 bridgehead atoms. The second kappa shape index (κ2) is 7.95. The van der Waals surface area contributed by atoms with Gasteiger partial charge in [-0.1, -0.05) is 24.3 Å². The number of alkyl carbamates (subject to hydrolysis) is 1. The Hall–Kier alpha value is -1.97. The first-order chi connectivity index (χ1) is 12.4. The number of hydrogen-bond acceptors (Lipinski definition) is 6. The molecule has 9 heteroatoms. The van der Waals surface area contributed by atoms with Crippen molar-refractivity contribution in [3.63, 3.8) is 0 Å². The Balaban J connectivity index is 2.33. The maximum absolute atomic E-state index is 12.2. The second-order valence-electron chi connectivity index (χ2n) is 7.23. The smallest absolute Gasteiger partial charge is 0.408 e. The van der Waals surface area contributed by atoms with Crippen LogP contribution in [0.2, 0.25) is 0 Å². The molecule has 0 aliphatic carbocycles. The first-order valence-corrected chi connectivity index (χ1v) is 10.7. The molecule has 7 nitrogen and oxygen atoms in total. The molecule has 0 aliphatic rings. The molecule has 148 valence electrons. The highest BCUT2D eigenvalue weighted by Gasteiger charge is 2.32. The lowest BCUT2D eigenvalue weighted by atomic mass is 10.0. The average Bonchev–Trinajstić information content (AvgIpc) is 2.96. The van der Waals surface area contributed by atoms with E-state index in [1.165, 1.54) is 18.3 Å². The molecule has 0 spiro atoms. The van der Waals surface area contributed by atoms with Gasteiger partial charge in [0.05, 0.1) is 22.1 Å². The minimum absolute atomic E-state index is 0.539. The van der Waals surface area contributed by atoms with Gasteiger partial charge in [0.25, 0.3) is 10.1 Å². The molecule has 0 radical (unpaired) electrons. The van der Waals surface area contributed by atoms with Crippen LogP contribution in [-0.4, -0.2) is 34.9 Å². The Morgan fingerprint density at radius 3 is 2.30 bits per heavy atom. The highest BCUT2D eigenvalue weighted by atomic mass is 32.2. The highest BCUT2D eigenvalue weighted by Crippen LogP contribution is 2.30. The number of carbonyl (C=O) groups excluding carboxylic acids is 1. The number of ether oxygens (including phenoxy) is 1. The molecular formula is C18H24N2O5S2. The summed E-state index contributed by atoms with van der Waals surface area (Å²) in [6, 6.07) is 6.13. The van der Waals surface area contributed by atoms with Gasteiger partial charge in [0, 0.05) is 0 Å². The van der Waals surface area contributed by atoms with E-state index in [0.29, 0.717) is 5.56 Å². The molecule has 0 fully saturated rings. The number of thiazole rings is 1. The molecule has 2 unspecified atom stereocenters. The zero-order valence-electron chi connectivity index (χ0n) is 15.9. The standard InChI is InChI=1S/C18H24N2O5S2/c1-11-16(26-10-19-11)14-8-6-13(7-9-14)15(12(2)27(22,23)24)20-17(21)25-18(3,4)5/h6-10,12,15H,1-5H3,(H,20,21)(H,22,23,24). The molecule has 1 aromatic heterocycles. The topological polar surface area (TPSA) is 106 Å². The number of benzene rings is 1. The maximum atomic E-state index is 12.2. The van der Waals surface area contributed by atoms with E-state index in [1.54, 1.807) is 38.4 Å². The average molecular weight is 413 g/mol. The first-order valence-electron chi connectivity index (χ1n) is 8.35. The SMILES string of the molecule is Cc1ncsc1-c1ccc(C(NC(=O)OC(C)(C)C)C(C)S(=O)(=O)O)cc1. The number of hydrogen-bond donors (Lipinski definition) is 2. The molecule has 0 saturated carbocycles. The van der Waals surface area contributed by atoms with E-state index in [1.807, 2.05) is 19.1 Å². The lowest BCUT2D eigenvalue weighted by Gasteiger charge is -2.26. The van der Waals surface area contributed by atoms with Crippen LogP contribution in [0.5, 0.6) is 0 Å². The van der Waals surface area contributed by atoms with Gasteiger partial charge in [0.1, 0.15) is 10.9 Å². The van der Waals surface area contributed by atoms with Gasteiger partial charge in [0.2, 0.25) is 0 Å². The lowest BCUT2D eigenvalue weighted by Crippen LogP contribution is -2.41. The monoisotopic (exact) mass is 412 g/mol. The Kier molecular flexibility index (Phi) is 6.28. The normalized spacial score (nSPS) is 14.4. The summed E-state index contributed by atoms with van der Waals surface area (Å²) in [6.45, 7) is 8.37. The summed E-state index contributed by atoms with van der Waals surface area (Å²) >= 11 is 1.51. The van der Waals surface area contributed by atoms with Crippen molar-refractivity contribution >= 4 is 27.5 Å². The summed E-state index contributed by atoms with van der Waals surface area (Å²) in [5, 5.41) is 1.30. The van der Waals surface area contributed by atoms with Crippen molar-refractivity contribution in [2.45, 2.75) is 51.5 Å². The Bertz CT molecular complexity index is 899. The van der Waals surface area contributed by atoms with E-state index in [-0.39, 0.29) is 0 Å². The number of rotatable bonds is 5. The van der Waals surface area contributed by atoms with Crippen molar-refractivity contribution < 1.29 is 22.5 Å². The minimum Gasteiger partial charge on any atom is -0.444 e. The quantitative estimate of drug-likeness (QED) is 0.720. The van der Waals surface area contributed by atoms with E-state index >= 15 is 0 Å². The van der Waals surface area contributed by atoms with E-state index in [0.717, 1.165) is 16.1 Å². The summed E-state index contributed by atoms with van der Waals surface area (Å²) in [5.41, 5.74) is 3.41. The van der Waals surface area contributed by atoms with Gasteiger partial charge in [0.15, 0.2) is 0 Å². The van der Waals surface area contributed by atoms with E-state index in [2.05, 4.69) is 10.3 Å². The largest absolute Gasteiger partial charge is 0.444 e. The molecule has 2 atom stereocenters. The highest BCUT2D eigenvalue weighted by molar-refractivity contribution is 7.86. The molecule has 1 amide bonds. The predicted octanol–water partition coefficient (Wildman–Crippen LogP) is 3.96. The third-order valence-electron chi connectivity index (χ3n) is 3.89. The van der Waals surface area contributed by atoms with Crippen molar-refractivity contribution in [3.05, 3.63) is 41.0 Å². The van der Waals surface area contributed by atoms with Crippen LogP contribution in [-0.2, 0) is 14.9 Å². The number of nitrogens with one attached hydrogen (secondary N) is 1. The lowest BCUT2D eigenvalue weighted by molar-refractivity contribution is 0.0503. The van der Waals surface area contributed by atoms with Gasteiger partial charge < -0.3 is 10.1 Å². The van der Waals surface area contributed by atoms with Crippen molar-refractivity contribution in [3.8, 4) is 10.4 Å². The maximum Gasteiger partial charge on any atom is 0.408 e. The van der Waals surface area contributed by atoms with Crippen LogP contribution < -0.4 is 5.32 Å². The third-order valence-corrected chi connectivity index (χ3v) is 6.08. The Labute approximate surface area is 163 Å². The number of aromatic nitrogens is 1. The van der Waals surface area contributed by atoms with Crippen LogP contribution in [0, 0.1) is 6.92 Å². The van der Waals surface area contributed by atoms with E-state index in [9.17, 15) is 17.8 Å². The van der Waals surface area contributed by atoms with Crippen LogP contribution in [0.15, 0.2) is 29.8 Å². The molecule has 1 aromatic carbocycles. The van der Waals surface area contributed by atoms with Crippen LogP contribution in [0.25, 0.3) is 10.4 Å². The van der Waals surface area contributed by atoms with E-state index in [4.69, 9.17) is 4.74 Å². The van der Waals surface area contributed by atoms with Crippen LogP contribution in [0.4, 0.5) is 4.79 Å². The zero-order valence-corrected chi connectivity index (χ0v) is 17.5. The summed E-state index contributed by atoms with van der Waals surface area (Å²) in [4.78, 5) is 17.4. The van der Waals surface area contributed by atoms with Crippen LogP contribution >= 0.6 is 11.3 Å². The predicted molar refractivity (Wildman–Crippen MR) is 105 cm³/mol. The van der Waals surface area contributed by atoms with Crippen molar-refractivity contribution in [1.82, 2.24) is 10.3 Å². The summed E-state index contributed by atoms with van der Waals surface area (Å²) in [7, 11) is -4.38. The third kappa shape index (κ3) is 5.75. The van der Waals surface area contributed by atoms with Gasteiger partial charge >= 0.3 is 6.09 Å². The van der Waals surface area contributed by atoms with Crippen molar-refractivity contribution in [1.29, 1.82) is 0 Å². The van der Waals surface area contributed by atoms with Gasteiger partial charge in [-0.25, -0.2) is 9.78 Å². The molecule has 1 heterocycles. The Morgan fingerprint density at radius 1 is 1.26 bits per heavy atom. The molecular weight excluding hydrogens is 388 g/mol. The summed E-state index contributed by atoms with van der Waals surface area (Å²) in [6.07, 6.45) is -0.759. The fourth-order valence-corrected chi connectivity index (χ4v) is 3.88. The molecule has 2 aromatic rings. The molecule has 2 rings (SSSR count).